The number of halogens is 1. The number of hydrogen-bond donors (Lipinski definition) is 1. The highest BCUT2D eigenvalue weighted by atomic mass is 19.1. The topological polar surface area (TPSA) is 81.9 Å². The minimum Gasteiger partial charge on any atom is -0.484 e. The zero-order valence-electron chi connectivity index (χ0n) is 12.8. The van der Waals surface area contributed by atoms with Gasteiger partial charge in [0.2, 0.25) is 0 Å². The minimum atomic E-state index is -0.424. The van der Waals surface area contributed by atoms with Gasteiger partial charge in [-0.2, -0.15) is 0 Å². The van der Waals surface area contributed by atoms with Crippen molar-refractivity contribution in [2.45, 2.75) is 6.92 Å². The van der Waals surface area contributed by atoms with Crippen molar-refractivity contribution in [3.8, 4) is 11.6 Å². The van der Waals surface area contributed by atoms with Gasteiger partial charge in [0.15, 0.2) is 18.2 Å². The Morgan fingerprint density at radius 3 is 3.00 bits per heavy atom. The van der Waals surface area contributed by atoms with E-state index in [9.17, 15) is 9.18 Å². The van der Waals surface area contributed by atoms with Crippen LogP contribution >= 0.6 is 0 Å². The highest BCUT2D eigenvalue weighted by molar-refractivity contribution is 5.90. The van der Waals surface area contributed by atoms with E-state index < -0.39 is 11.7 Å². The van der Waals surface area contributed by atoms with Gasteiger partial charge in [-0.05, 0) is 19.1 Å². The van der Waals surface area contributed by atoms with Crippen LogP contribution in [0.5, 0.6) is 5.75 Å². The van der Waals surface area contributed by atoms with Crippen molar-refractivity contribution < 1.29 is 13.9 Å². The van der Waals surface area contributed by atoms with Gasteiger partial charge in [-0.15, -0.1) is 5.10 Å². The largest absolute Gasteiger partial charge is 0.484 e. The second-order valence-electron chi connectivity index (χ2n) is 4.90. The van der Waals surface area contributed by atoms with Gasteiger partial charge in [0.25, 0.3) is 5.91 Å². The maximum atomic E-state index is 13.0. The summed E-state index contributed by atoms with van der Waals surface area (Å²) in [4.78, 5) is 20.1. The molecule has 0 unspecified atom stereocenters. The molecule has 0 aliphatic carbocycles. The Balaban J connectivity index is 1.59. The van der Waals surface area contributed by atoms with Crippen molar-refractivity contribution in [1.82, 2.24) is 19.7 Å². The average Bonchev–Trinajstić information content (AvgIpc) is 3.01. The quantitative estimate of drug-likeness (QED) is 0.776. The summed E-state index contributed by atoms with van der Waals surface area (Å²) in [5.74, 6) is 1.04. The number of nitrogens with zero attached hydrogens (tertiary/aromatic N) is 4. The van der Waals surface area contributed by atoms with Crippen LogP contribution in [0.1, 0.15) is 5.82 Å². The first-order valence-corrected chi connectivity index (χ1v) is 7.14. The fourth-order valence-electron chi connectivity index (χ4n) is 1.97. The van der Waals surface area contributed by atoms with Crippen molar-refractivity contribution in [2.24, 2.45) is 0 Å². The molecule has 24 heavy (non-hydrogen) atoms. The third-order valence-corrected chi connectivity index (χ3v) is 3.02. The molecule has 0 saturated carbocycles. The van der Waals surface area contributed by atoms with Gasteiger partial charge in [-0.25, -0.2) is 19.0 Å². The Morgan fingerprint density at radius 1 is 1.33 bits per heavy atom. The van der Waals surface area contributed by atoms with Crippen LogP contribution in [0.4, 0.5) is 10.2 Å². The van der Waals surface area contributed by atoms with Gasteiger partial charge in [-0.1, -0.05) is 6.07 Å². The Morgan fingerprint density at radius 2 is 2.21 bits per heavy atom. The molecule has 0 atom stereocenters. The van der Waals surface area contributed by atoms with Gasteiger partial charge >= 0.3 is 0 Å². The van der Waals surface area contributed by atoms with Crippen LogP contribution in [-0.2, 0) is 4.79 Å². The normalized spacial score (nSPS) is 10.4. The summed E-state index contributed by atoms with van der Waals surface area (Å²) in [6.07, 6.45) is 3.30. The van der Waals surface area contributed by atoms with Crippen LogP contribution < -0.4 is 10.1 Å². The third kappa shape index (κ3) is 3.92. The SMILES string of the molecule is Cc1nccc(-n2ccc(NC(=O)COc3cccc(F)c3)n2)n1. The number of ether oxygens (including phenoxy) is 1. The molecule has 2 heterocycles. The Labute approximate surface area is 137 Å². The molecular weight excluding hydrogens is 313 g/mol. The smallest absolute Gasteiger partial charge is 0.263 e. The van der Waals surface area contributed by atoms with E-state index in [1.54, 1.807) is 37.5 Å². The molecule has 0 saturated heterocycles. The number of carbonyl (C=O) groups excluding carboxylic acids is 1. The Bertz CT molecular complexity index is 865. The summed E-state index contributed by atoms with van der Waals surface area (Å²) in [5.41, 5.74) is 0. The lowest BCUT2D eigenvalue weighted by atomic mass is 10.3. The molecule has 122 valence electrons. The number of rotatable bonds is 5. The lowest BCUT2D eigenvalue weighted by Crippen LogP contribution is -2.20. The Hall–Kier alpha value is -3.29. The first kappa shape index (κ1) is 15.6. The molecular formula is C16H14FN5O2. The number of aromatic nitrogens is 4. The van der Waals surface area contributed by atoms with Crippen LogP contribution in [0.2, 0.25) is 0 Å². The van der Waals surface area contributed by atoms with E-state index in [4.69, 9.17) is 4.74 Å². The number of nitrogens with one attached hydrogen (secondary N) is 1. The van der Waals surface area contributed by atoms with Crippen molar-refractivity contribution in [2.75, 3.05) is 11.9 Å². The average molecular weight is 327 g/mol. The van der Waals surface area contributed by atoms with Crippen LogP contribution in [0.25, 0.3) is 5.82 Å². The van der Waals surface area contributed by atoms with Crippen molar-refractivity contribution in [1.29, 1.82) is 0 Å². The summed E-state index contributed by atoms with van der Waals surface area (Å²) in [5, 5.41) is 6.81. The number of anilines is 1. The van der Waals surface area contributed by atoms with Crippen molar-refractivity contribution in [3.05, 3.63) is 60.4 Å². The van der Waals surface area contributed by atoms with Crippen LogP contribution in [-0.4, -0.2) is 32.3 Å². The van der Waals surface area contributed by atoms with E-state index >= 15 is 0 Å². The number of benzene rings is 1. The molecule has 0 radical (unpaired) electrons. The van der Waals surface area contributed by atoms with Gasteiger partial charge in [0.05, 0.1) is 0 Å². The van der Waals surface area contributed by atoms with Crippen LogP contribution in [0.15, 0.2) is 48.8 Å². The van der Waals surface area contributed by atoms with E-state index in [-0.39, 0.29) is 12.4 Å². The maximum absolute atomic E-state index is 13.0. The summed E-state index contributed by atoms with van der Waals surface area (Å²) in [6.45, 7) is 1.53. The lowest BCUT2D eigenvalue weighted by molar-refractivity contribution is -0.118. The number of aryl methyl sites for hydroxylation is 1. The molecule has 0 aliphatic heterocycles. The standard InChI is InChI=1S/C16H14FN5O2/c1-11-18-7-5-15(19-11)22-8-6-14(21-22)20-16(23)10-24-13-4-2-3-12(17)9-13/h2-9H,10H2,1H3,(H,20,21,23). The minimum absolute atomic E-state index is 0.247. The predicted octanol–water partition coefficient (Wildman–Crippen LogP) is 2.13. The third-order valence-electron chi connectivity index (χ3n) is 3.02. The second-order valence-corrected chi connectivity index (χ2v) is 4.90. The number of amides is 1. The van der Waals surface area contributed by atoms with E-state index in [1.165, 1.54) is 22.9 Å². The number of carbonyl (C=O) groups is 1. The highest BCUT2D eigenvalue weighted by Gasteiger charge is 2.08. The molecule has 0 fully saturated rings. The molecule has 2 aromatic heterocycles. The van der Waals surface area contributed by atoms with E-state index in [1.807, 2.05) is 0 Å². The van der Waals surface area contributed by atoms with Gasteiger partial charge in [0, 0.05) is 30.6 Å². The molecule has 1 amide bonds. The highest BCUT2D eigenvalue weighted by Crippen LogP contribution is 2.12. The fourth-order valence-corrected chi connectivity index (χ4v) is 1.97. The van der Waals surface area contributed by atoms with E-state index in [2.05, 4.69) is 20.4 Å². The van der Waals surface area contributed by atoms with Crippen LogP contribution in [0.3, 0.4) is 0 Å². The molecule has 8 heteroatoms. The molecule has 3 rings (SSSR count). The molecule has 7 nitrogen and oxygen atoms in total. The first-order chi connectivity index (χ1) is 11.6. The number of hydrogen-bond acceptors (Lipinski definition) is 5. The molecule has 1 aromatic carbocycles. The zero-order valence-corrected chi connectivity index (χ0v) is 12.8. The van der Waals surface area contributed by atoms with E-state index in [0.717, 1.165) is 0 Å². The zero-order chi connectivity index (χ0) is 16.9. The summed E-state index contributed by atoms with van der Waals surface area (Å²) < 4.78 is 19.8. The molecule has 3 aromatic rings. The van der Waals surface area contributed by atoms with Gasteiger partial charge in [0.1, 0.15) is 17.4 Å². The molecule has 1 N–H and O–H groups in total. The molecule has 0 spiro atoms. The second kappa shape index (κ2) is 6.86. The summed E-state index contributed by atoms with van der Waals surface area (Å²) in [7, 11) is 0. The monoisotopic (exact) mass is 327 g/mol. The van der Waals surface area contributed by atoms with Gasteiger partial charge < -0.3 is 10.1 Å². The van der Waals surface area contributed by atoms with E-state index in [0.29, 0.717) is 17.5 Å². The first-order valence-electron chi connectivity index (χ1n) is 7.14. The van der Waals surface area contributed by atoms with Crippen LogP contribution in [0, 0.1) is 12.7 Å². The Kier molecular flexibility index (Phi) is 4.46. The van der Waals surface area contributed by atoms with Crippen molar-refractivity contribution in [3.63, 3.8) is 0 Å². The predicted molar refractivity (Wildman–Crippen MR) is 84.4 cm³/mol. The summed E-state index contributed by atoms with van der Waals surface area (Å²) in [6, 6.07) is 8.93. The van der Waals surface area contributed by atoms with Crippen molar-refractivity contribution >= 4 is 11.7 Å². The summed E-state index contributed by atoms with van der Waals surface area (Å²) >= 11 is 0. The molecule has 0 aliphatic rings. The maximum Gasteiger partial charge on any atom is 0.263 e. The van der Waals surface area contributed by atoms with Gasteiger partial charge in [-0.3, -0.25) is 4.79 Å². The lowest BCUT2D eigenvalue weighted by Gasteiger charge is -2.06. The fraction of sp³-hybridized carbons (Fsp3) is 0.125. The molecule has 0 bridgehead atoms.